The third-order valence-electron chi connectivity index (χ3n) is 3.22. The molecule has 0 atom stereocenters. The van der Waals surface area contributed by atoms with Crippen LogP contribution in [0, 0.1) is 0 Å². The lowest BCUT2D eigenvalue weighted by Gasteiger charge is -2.13. The van der Waals surface area contributed by atoms with Gasteiger partial charge in [0.15, 0.2) is 0 Å². The fourth-order valence-corrected chi connectivity index (χ4v) is 2.09. The van der Waals surface area contributed by atoms with Crippen molar-refractivity contribution in [2.45, 2.75) is 0 Å². The van der Waals surface area contributed by atoms with Gasteiger partial charge in [-0.15, -0.1) is 0 Å². The van der Waals surface area contributed by atoms with Crippen LogP contribution in [-0.4, -0.2) is 35.4 Å². The van der Waals surface area contributed by atoms with Crippen LogP contribution in [0.3, 0.4) is 0 Å². The smallest absolute Gasteiger partial charge is 0.255 e. The Morgan fingerprint density at radius 3 is 2.76 bits per heavy atom. The van der Waals surface area contributed by atoms with Crippen molar-refractivity contribution in [1.82, 2.24) is 15.4 Å². The van der Waals surface area contributed by atoms with Crippen molar-refractivity contribution in [1.29, 1.82) is 0 Å². The first-order valence-electron chi connectivity index (χ1n) is 6.53. The SMILES string of the molecule is CN(C)c1cccc(C(=O)Nc2cccc3n[nH]nc23)c1. The number of aromatic nitrogens is 3. The Bertz CT molecular complexity index is 793. The van der Waals surface area contributed by atoms with Gasteiger partial charge in [0.25, 0.3) is 5.91 Å². The molecule has 0 saturated heterocycles. The van der Waals surface area contributed by atoms with Crippen LogP contribution in [0.15, 0.2) is 42.5 Å². The third kappa shape index (κ3) is 2.55. The molecule has 0 unspecified atom stereocenters. The number of anilines is 2. The highest BCUT2D eigenvalue weighted by Crippen LogP contribution is 2.20. The Kier molecular flexibility index (Phi) is 3.27. The summed E-state index contributed by atoms with van der Waals surface area (Å²) in [4.78, 5) is 14.3. The Balaban J connectivity index is 1.89. The maximum absolute atomic E-state index is 12.4. The zero-order chi connectivity index (χ0) is 14.8. The quantitative estimate of drug-likeness (QED) is 0.772. The van der Waals surface area contributed by atoms with Gasteiger partial charge in [-0.25, -0.2) is 0 Å². The Hall–Kier alpha value is -2.89. The topological polar surface area (TPSA) is 73.9 Å². The summed E-state index contributed by atoms with van der Waals surface area (Å²) in [5, 5.41) is 13.5. The zero-order valence-electron chi connectivity index (χ0n) is 11.8. The lowest BCUT2D eigenvalue weighted by molar-refractivity contribution is 0.102. The minimum atomic E-state index is -0.172. The first-order valence-corrected chi connectivity index (χ1v) is 6.53. The molecule has 0 aliphatic rings. The molecule has 1 heterocycles. The van der Waals surface area contributed by atoms with Crippen LogP contribution in [0.2, 0.25) is 0 Å². The van der Waals surface area contributed by atoms with Crippen LogP contribution in [0.25, 0.3) is 11.0 Å². The number of aromatic amines is 1. The van der Waals surface area contributed by atoms with Gasteiger partial charge in [-0.1, -0.05) is 12.1 Å². The van der Waals surface area contributed by atoms with Gasteiger partial charge in [-0.3, -0.25) is 4.79 Å². The van der Waals surface area contributed by atoms with E-state index < -0.39 is 0 Å². The zero-order valence-corrected chi connectivity index (χ0v) is 11.8. The van der Waals surface area contributed by atoms with E-state index in [1.807, 2.05) is 49.3 Å². The van der Waals surface area contributed by atoms with Crippen molar-refractivity contribution in [3.8, 4) is 0 Å². The molecule has 0 bridgehead atoms. The lowest BCUT2D eigenvalue weighted by Crippen LogP contribution is -2.14. The van der Waals surface area contributed by atoms with E-state index in [4.69, 9.17) is 0 Å². The molecule has 0 aliphatic carbocycles. The lowest BCUT2D eigenvalue weighted by atomic mass is 10.1. The molecule has 3 rings (SSSR count). The van der Waals surface area contributed by atoms with Crippen molar-refractivity contribution in [3.05, 3.63) is 48.0 Å². The van der Waals surface area contributed by atoms with Crippen LogP contribution in [0.5, 0.6) is 0 Å². The number of H-pyrrole nitrogens is 1. The molecular weight excluding hydrogens is 266 g/mol. The number of fused-ring (bicyclic) bond motifs is 1. The average molecular weight is 281 g/mol. The summed E-state index contributed by atoms with van der Waals surface area (Å²) < 4.78 is 0. The molecule has 0 radical (unpaired) electrons. The maximum Gasteiger partial charge on any atom is 0.255 e. The molecule has 0 aliphatic heterocycles. The maximum atomic E-state index is 12.4. The molecule has 106 valence electrons. The van der Waals surface area contributed by atoms with E-state index in [0.717, 1.165) is 11.2 Å². The molecule has 0 saturated carbocycles. The molecule has 1 aromatic heterocycles. The second kappa shape index (κ2) is 5.24. The van der Waals surface area contributed by atoms with Crippen molar-refractivity contribution in [2.24, 2.45) is 0 Å². The number of para-hydroxylation sites is 1. The van der Waals surface area contributed by atoms with E-state index in [2.05, 4.69) is 20.7 Å². The fourth-order valence-electron chi connectivity index (χ4n) is 2.09. The van der Waals surface area contributed by atoms with Gasteiger partial charge in [-0.2, -0.15) is 15.4 Å². The molecule has 0 spiro atoms. The highest BCUT2D eigenvalue weighted by molar-refractivity contribution is 6.08. The van der Waals surface area contributed by atoms with Crippen molar-refractivity contribution < 1.29 is 4.79 Å². The number of carbonyl (C=O) groups excluding carboxylic acids is 1. The predicted molar refractivity (Wildman–Crippen MR) is 82.6 cm³/mol. The second-order valence-corrected chi connectivity index (χ2v) is 4.90. The number of carbonyl (C=O) groups is 1. The Morgan fingerprint density at radius 2 is 1.95 bits per heavy atom. The third-order valence-corrected chi connectivity index (χ3v) is 3.22. The van der Waals surface area contributed by atoms with E-state index in [1.54, 1.807) is 12.1 Å². The van der Waals surface area contributed by atoms with E-state index in [0.29, 0.717) is 16.8 Å². The van der Waals surface area contributed by atoms with Crippen molar-refractivity contribution >= 4 is 28.3 Å². The molecule has 6 nitrogen and oxygen atoms in total. The molecule has 1 amide bonds. The molecule has 21 heavy (non-hydrogen) atoms. The largest absolute Gasteiger partial charge is 0.378 e. The number of nitrogens with one attached hydrogen (secondary N) is 2. The van der Waals surface area contributed by atoms with Crippen LogP contribution in [0.4, 0.5) is 11.4 Å². The summed E-state index contributed by atoms with van der Waals surface area (Å²) in [6.07, 6.45) is 0. The average Bonchev–Trinajstić information content (AvgIpc) is 2.97. The monoisotopic (exact) mass is 281 g/mol. The molecule has 2 N–H and O–H groups in total. The highest BCUT2D eigenvalue weighted by atomic mass is 16.1. The standard InChI is InChI=1S/C15H15N5O/c1-20(2)11-6-3-5-10(9-11)15(21)16-12-7-4-8-13-14(12)18-19-17-13/h3-9H,1-2H3,(H,16,21)(H,17,18,19). The minimum absolute atomic E-state index is 0.172. The first kappa shape index (κ1) is 13.1. The Labute approximate surface area is 121 Å². The molecule has 0 fully saturated rings. The summed E-state index contributed by atoms with van der Waals surface area (Å²) in [6, 6.07) is 12.9. The van der Waals surface area contributed by atoms with E-state index in [1.165, 1.54) is 0 Å². The van der Waals surface area contributed by atoms with Crippen LogP contribution < -0.4 is 10.2 Å². The summed E-state index contributed by atoms with van der Waals surface area (Å²) in [7, 11) is 3.88. The fraction of sp³-hybridized carbons (Fsp3) is 0.133. The number of hydrogen-bond donors (Lipinski definition) is 2. The number of rotatable bonds is 3. The van der Waals surface area contributed by atoms with Gasteiger partial charge in [0.05, 0.1) is 5.69 Å². The van der Waals surface area contributed by atoms with Gasteiger partial charge in [0.2, 0.25) is 0 Å². The summed E-state index contributed by atoms with van der Waals surface area (Å²) >= 11 is 0. The first-order chi connectivity index (χ1) is 10.1. The predicted octanol–water partition coefficient (Wildman–Crippen LogP) is 2.28. The summed E-state index contributed by atoms with van der Waals surface area (Å²) in [5.41, 5.74) is 3.58. The van der Waals surface area contributed by atoms with Gasteiger partial charge in [0.1, 0.15) is 11.0 Å². The van der Waals surface area contributed by atoms with Crippen LogP contribution in [0.1, 0.15) is 10.4 Å². The molecule has 3 aromatic rings. The number of nitrogens with zero attached hydrogens (tertiary/aromatic N) is 3. The van der Waals surface area contributed by atoms with Crippen LogP contribution in [-0.2, 0) is 0 Å². The van der Waals surface area contributed by atoms with E-state index in [9.17, 15) is 4.79 Å². The number of benzene rings is 2. The van der Waals surface area contributed by atoms with Gasteiger partial charge >= 0.3 is 0 Å². The highest BCUT2D eigenvalue weighted by Gasteiger charge is 2.11. The number of hydrogen-bond acceptors (Lipinski definition) is 4. The van der Waals surface area contributed by atoms with Gasteiger partial charge in [-0.05, 0) is 30.3 Å². The normalized spacial score (nSPS) is 10.6. The van der Waals surface area contributed by atoms with Crippen molar-refractivity contribution in [3.63, 3.8) is 0 Å². The van der Waals surface area contributed by atoms with Crippen molar-refractivity contribution in [2.75, 3.05) is 24.3 Å². The molecule has 2 aromatic carbocycles. The van der Waals surface area contributed by atoms with Gasteiger partial charge in [0, 0.05) is 25.3 Å². The van der Waals surface area contributed by atoms with Crippen LogP contribution >= 0.6 is 0 Å². The van der Waals surface area contributed by atoms with Gasteiger partial charge < -0.3 is 10.2 Å². The second-order valence-electron chi connectivity index (χ2n) is 4.90. The number of amides is 1. The molecular formula is C15H15N5O. The Morgan fingerprint density at radius 1 is 1.14 bits per heavy atom. The van der Waals surface area contributed by atoms with E-state index >= 15 is 0 Å². The van der Waals surface area contributed by atoms with E-state index in [-0.39, 0.29) is 5.91 Å². The summed E-state index contributed by atoms with van der Waals surface area (Å²) in [5.74, 6) is -0.172. The minimum Gasteiger partial charge on any atom is -0.378 e. The molecule has 6 heteroatoms. The summed E-state index contributed by atoms with van der Waals surface area (Å²) in [6.45, 7) is 0.